The van der Waals surface area contributed by atoms with E-state index in [1.165, 1.54) is 16.8 Å². The molecule has 1 atom stereocenters. The Kier molecular flexibility index (Phi) is 3.17. The maximum absolute atomic E-state index is 9.29. The van der Waals surface area contributed by atoms with Crippen LogP contribution in [0.15, 0.2) is 18.2 Å². The van der Waals surface area contributed by atoms with Crippen molar-refractivity contribution in [2.75, 3.05) is 18.1 Å². The lowest BCUT2D eigenvalue weighted by Crippen LogP contribution is -2.49. The highest BCUT2D eigenvalue weighted by molar-refractivity contribution is 5.64. The second-order valence-electron chi connectivity index (χ2n) is 5.81. The highest BCUT2D eigenvalue weighted by Crippen LogP contribution is 2.44. The summed E-state index contributed by atoms with van der Waals surface area (Å²) in [6.07, 6.45) is 1.14. The van der Waals surface area contributed by atoms with Gasteiger partial charge in [0.15, 0.2) is 0 Å². The number of para-hydroxylation sites is 1. The van der Waals surface area contributed by atoms with Gasteiger partial charge in [0.05, 0.1) is 6.61 Å². The van der Waals surface area contributed by atoms with Crippen molar-refractivity contribution in [3.8, 4) is 0 Å². The average Bonchev–Trinajstić information content (AvgIpc) is 2.24. The van der Waals surface area contributed by atoms with Crippen molar-refractivity contribution >= 4 is 5.69 Å². The second kappa shape index (κ2) is 4.34. The lowest BCUT2D eigenvalue weighted by molar-refractivity contribution is 0.277. The van der Waals surface area contributed by atoms with E-state index in [2.05, 4.69) is 50.8 Å². The molecule has 0 fully saturated rings. The predicted octanol–water partition coefficient (Wildman–Crippen LogP) is 3.08. The molecular weight excluding hydrogens is 210 g/mol. The molecule has 0 radical (unpaired) electrons. The van der Waals surface area contributed by atoms with Gasteiger partial charge in [-0.05, 0) is 44.2 Å². The van der Waals surface area contributed by atoms with Crippen LogP contribution in [0.3, 0.4) is 0 Å². The van der Waals surface area contributed by atoms with Gasteiger partial charge < -0.3 is 10.0 Å². The number of anilines is 1. The summed E-state index contributed by atoms with van der Waals surface area (Å²) in [4.78, 5) is 2.37. The Morgan fingerprint density at radius 3 is 2.76 bits per heavy atom. The topological polar surface area (TPSA) is 23.5 Å². The van der Waals surface area contributed by atoms with Crippen LogP contribution in [0.2, 0.25) is 0 Å². The molecule has 0 saturated carbocycles. The minimum absolute atomic E-state index is 0.126. The zero-order valence-corrected chi connectivity index (χ0v) is 11.3. The van der Waals surface area contributed by atoms with Crippen molar-refractivity contribution < 1.29 is 5.11 Å². The molecule has 1 N–H and O–H groups in total. The Morgan fingerprint density at radius 2 is 2.12 bits per heavy atom. The summed E-state index contributed by atoms with van der Waals surface area (Å²) in [5, 5.41) is 9.29. The van der Waals surface area contributed by atoms with Gasteiger partial charge in [-0.2, -0.15) is 0 Å². The van der Waals surface area contributed by atoms with Crippen LogP contribution in [0.5, 0.6) is 0 Å². The molecule has 94 valence electrons. The van der Waals surface area contributed by atoms with Gasteiger partial charge in [-0.25, -0.2) is 0 Å². The fourth-order valence-electron chi connectivity index (χ4n) is 3.23. The summed E-state index contributed by atoms with van der Waals surface area (Å²) in [6.45, 7) is 9.94. The molecule has 0 amide bonds. The highest BCUT2D eigenvalue weighted by atomic mass is 16.3. The molecule has 1 heterocycles. The number of aliphatic hydroxyl groups is 1. The largest absolute Gasteiger partial charge is 0.395 e. The third kappa shape index (κ3) is 2.06. The molecule has 0 aromatic heterocycles. The molecule has 1 aliphatic heterocycles. The third-order valence-electron chi connectivity index (χ3n) is 3.93. The maximum atomic E-state index is 9.29. The van der Waals surface area contributed by atoms with Crippen LogP contribution >= 0.6 is 0 Å². The van der Waals surface area contributed by atoms with Gasteiger partial charge in [0.1, 0.15) is 0 Å². The molecule has 0 aliphatic carbocycles. The molecule has 2 rings (SSSR count). The first-order valence-electron chi connectivity index (χ1n) is 6.45. The molecule has 1 unspecified atom stereocenters. The Balaban J connectivity index is 2.55. The van der Waals surface area contributed by atoms with Crippen LogP contribution < -0.4 is 4.90 Å². The number of aryl methyl sites for hydroxylation is 1. The van der Waals surface area contributed by atoms with E-state index >= 15 is 0 Å². The number of fused-ring (bicyclic) bond motifs is 1. The second-order valence-corrected chi connectivity index (χ2v) is 5.81. The van der Waals surface area contributed by atoms with Crippen molar-refractivity contribution in [1.29, 1.82) is 0 Å². The zero-order valence-electron chi connectivity index (χ0n) is 11.3. The lowest BCUT2D eigenvalue weighted by Gasteiger charge is -2.48. The number of rotatable bonds is 2. The van der Waals surface area contributed by atoms with E-state index < -0.39 is 0 Å². The quantitative estimate of drug-likeness (QED) is 0.848. The minimum atomic E-state index is 0.126. The van der Waals surface area contributed by atoms with Gasteiger partial charge in [0.2, 0.25) is 0 Å². The molecule has 0 spiro atoms. The number of β-amino-alcohol motifs (C(OH)–C–C–N with tert-alkyl or cyclic N) is 1. The van der Waals surface area contributed by atoms with Gasteiger partial charge in [-0.15, -0.1) is 0 Å². The summed E-state index contributed by atoms with van der Waals surface area (Å²) in [5.74, 6) is 0.592. The van der Waals surface area contributed by atoms with E-state index in [9.17, 15) is 5.11 Å². The first-order chi connectivity index (χ1) is 7.97. The monoisotopic (exact) mass is 233 g/mol. The number of hydrogen-bond donors (Lipinski definition) is 1. The van der Waals surface area contributed by atoms with Gasteiger partial charge >= 0.3 is 0 Å². The zero-order chi connectivity index (χ0) is 12.6. The minimum Gasteiger partial charge on any atom is -0.395 e. The molecule has 17 heavy (non-hydrogen) atoms. The van der Waals surface area contributed by atoms with Crippen LogP contribution in [0.1, 0.15) is 44.2 Å². The number of benzene rings is 1. The summed E-state index contributed by atoms with van der Waals surface area (Å²) in [7, 11) is 0. The summed E-state index contributed by atoms with van der Waals surface area (Å²) in [6, 6.07) is 6.53. The summed E-state index contributed by atoms with van der Waals surface area (Å²) < 4.78 is 0. The van der Waals surface area contributed by atoms with Crippen LogP contribution in [0.25, 0.3) is 0 Å². The molecule has 1 aromatic rings. The molecule has 2 heteroatoms. The standard InChI is InChI=1S/C15H23NO/c1-11-6-5-7-13-12(2)10-15(3,4)16(8-9-17)14(11)13/h5-7,12,17H,8-10H2,1-4H3. The lowest BCUT2D eigenvalue weighted by atomic mass is 9.79. The molecule has 2 nitrogen and oxygen atoms in total. The Hall–Kier alpha value is -1.02. The van der Waals surface area contributed by atoms with Gasteiger partial charge in [0, 0.05) is 17.8 Å². The van der Waals surface area contributed by atoms with Crippen molar-refractivity contribution in [1.82, 2.24) is 0 Å². The Labute approximate surface area is 104 Å². The van der Waals surface area contributed by atoms with Crippen molar-refractivity contribution in [3.05, 3.63) is 29.3 Å². The Morgan fingerprint density at radius 1 is 1.41 bits per heavy atom. The highest BCUT2D eigenvalue weighted by Gasteiger charge is 2.36. The number of nitrogens with zero attached hydrogens (tertiary/aromatic N) is 1. The fourth-order valence-corrected chi connectivity index (χ4v) is 3.23. The summed E-state index contributed by atoms with van der Waals surface area (Å²) in [5.41, 5.74) is 4.21. The van der Waals surface area contributed by atoms with Crippen LogP contribution in [-0.2, 0) is 0 Å². The van der Waals surface area contributed by atoms with Crippen LogP contribution in [0, 0.1) is 6.92 Å². The van der Waals surface area contributed by atoms with Gasteiger partial charge in [0.25, 0.3) is 0 Å². The van der Waals surface area contributed by atoms with Crippen LogP contribution in [-0.4, -0.2) is 23.8 Å². The van der Waals surface area contributed by atoms with E-state index in [0.717, 1.165) is 13.0 Å². The van der Waals surface area contributed by atoms with Crippen molar-refractivity contribution in [2.45, 2.75) is 45.6 Å². The molecule has 1 aliphatic rings. The Bertz CT molecular complexity index is 411. The van der Waals surface area contributed by atoms with E-state index in [1.54, 1.807) is 0 Å². The SMILES string of the molecule is Cc1cccc2c1N(CCO)C(C)(C)CC2C. The van der Waals surface area contributed by atoms with Crippen LogP contribution in [0.4, 0.5) is 5.69 Å². The molecule has 0 bridgehead atoms. The van der Waals surface area contributed by atoms with Crippen molar-refractivity contribution in [2.24, 2.45) is 0 Å². The molecular formula is C15H23NO. The molecule has 1 aromatic carbocycles. The maximum Gasteiger partial charge on any atom is 0.0606 e. The predicted molar refractivity (Wildman–Crippen MR) is 72.7 cm³/mol. The van der Waals surface area contributed by atoms with Gasteiger partial charge in [-0.1, -0.05) is 25.1 Å². The van der Waals surface area contributed by atoms with E-state index in [-0.39, 0.29) is 12.1 Å². The van der Waals surface area contributed by atoms with E-state index in [0.29, 0.717) is 5.92 Å². The number of hydrogen-bond acceptors (Lipinski definition) is 2. The smallest absolute Gasteiger partial charge is 0.0606 e. The van der Waals surface area contributed by atoms with E-state index in [4.69, 9.17) is 0 Å². The van der Waals surface area contributed by atoms with E-state index in [1.807, 2.05) is 0 Å². The average molecular weight is 233 g/mol. The third-order valence-corrected chi connectivity index (χ3v) is 3.93. The first-order valence-corrected chi connectivity index (χ1v) is 6.45. The molecule has 0 saturated heterocycles. The van der Waals surface area contributed by atoms with Crippen molar-refractivity contribution in [3.63, 3.8) is 0 Å². The summed E-state index contributed by atoms with van der Waals surface area (Å²) >= 11 is 0. The fraction of sp³-hybridized carbons (Fsp3) is 0.600. The number of aliphatic hydroxyl groups excluding tert-OH is 1. The normalized spacial score (nSPS) is 22.4. The first kappa shape index (κ1) is 12.4. The van der Waals surface area contributed by atoms with Gasteiger partial charge in [-0.3, -0.25) is 0 Å².